The first kappa shape index (κ1) is 16.5. The minimum Gasteiger partial charge on any atom is -0.370 e. The summed E-state index contributed by atoms with van der Waals surface area (Å²) in [7, 11) is 0. The molecule has 4 atom stereocenters. The third-order valence-electron chi connectivity index (χ3n) is 5.99. The average Bonchev–Trinajstić information content (AvgIpc) is 3.15. The van der Waals surface area contributed by atoms with Crippen LogP contribution in [0.15, 0.2) is 0 Å². The minimum absolute atomic E-state index is 0.528. The molecule has 3 rings (SSSR count). The van der Waals surface area contributed by atoms with Crippen LogP contribution in [-0.2, 0) is 4.74 Å². The van der Waals surface area contributed by atoms with Gasteiger partial charge in [-0.05, 0) is 56.2 Å². The molecule has 3 N–H and O–H groups in total. The predicted molar refractivity (Wildman–Crippen MR) is 93.1 cm³/mol. The van der Waals surface area contributed by atoms with E-state index in [2.05, 4.69) is 17.6 Å². The zero-order valence-electron chi connectivity index (χ0n) is 13.9. The number of hydrogen-bond donors (Lipinski definition) is 3. The highest BCUT2D eigenvalue weighted by atomic mass is 32.1. The van der Waals surface area contributed by atoms with Gasteiger partial charge in [0.15, 0.2) is 5.11 Å². The minimum atomic E-state index is 0.528. The summed E-state index contributed by atoms with van der Waals surface area (Å²) in [6, 6.07) is 0.528. The van der Waals surface area contributed by atoms with Gasteiger partial charge >= 0.3 is 0 Å². The summed E-state index contributed by atoms with van der Waals surface area (Å²) in [6.07, 6.45) is 6.99. The molecule has 22 heavy (non-hydrogen) atoms. The van der Waals surface area contributed by atoms with E-state index in [-0.39, 0.29) is 0 Å². The van der Waals surface area contributed by atoms with Gasteiger partial charge in [0.2, 0.25) is 0 Å². The van der Waals surface area contributed by atoms with Crippen molar-refractivity contribution < 1.29 is 9.64 Å². The fourth-order valence-corrected chi connectivity index (χ4v) is 5.01. The van der Waals surface area contributed by atoms with E-state index < -0.39 is 0 Å². The number of fused-ring (bicyclic) bond motifs is 2. The maximum atomic E-state index is 5.47. The van der Waals surface area contributed by atoms with Crippen LogP contribution in [0.2, 0.25) is 0 Å². The summed E-state index contributed by atoms with van der Waals surface area (Å²) in [5.41, 5.74) is 0. The van der Waals surface area contributed by atoms with Gasteiger partial charge < -0.3 is 20.3 Å². The van der Waals surface area contributed by atoms with Crippen LogP contribution in [0.3, 0.4) is 0 Å². The molecule has 3 aliphatic rings. The van der Waals surface area contributed by atoms with E-state index >= 15 is 0 Å². The number of morpholine rings is 1. The van der Waals surface area contributed by atoms with Gasteiger partial charge in [0.1, 0.15) is 13.1 Å². The molecule has 4 nitrogen and oxygen atoms in total. The molecule has 0 spiro atoms. The van der Waals surface area contributed by atoms with Crippen LogP contribution < -0.4 is 15.5 Å². The van der Waals surface area contributed by atoms with Crippen LogP contribution in [-0.4, -0.2) is 50.5 Å². The molecule has 0 aromatic carbocycles. The van der Waals surface area contributed by atoms with Crippen molar-refractivity contribution >= 4 is 17.3 Å². The number of rotatable bonds is 6. The summed E-state index contributed by atoms with van der Waals surface area (Å²) >= 11 is 5.47. The Hall–Kier alpha value is -0.390. The lowest BCUT2D eigenvalue weighted by Crippen LogP contribution is -3.14. The highest BCUT2D eigenvalue weighted by molar-refractivity contribution is 7.80. The second-order valence-corrected chi connectivity index (χ2v) is 7.90. The van der Waals surface area contributed by atoms with Crippen LogP contribution >= 0.6 is 12.2 Å². The number of quaternary nitrogens is 1. The highest BCUT2D eigenvalue weighted by Gasteiger charge is 2.41. The van der Waals surface area contributed by atoms with Crippen LogP contribution in [0.5, 0.6) is 0 Å². The monoisotopic (exact) mass is 326 g/mol. The van der Waals surface area contributed by atoms with Gasteiger partial charge in [0, 0.05) is 19.0 Å². The highest BCUT2D eigenvalue weighted by Crippen LogP contribution is 2.49. The molecule has 0 aromatic rings. The lowest BCUT2D eigenvalue weighted by molar-refractivity contribution is -0.908. The second-order valence-electron chi connectivity index (χ2n) is 7.49. The van der Waals surface area contributed by atoms with E-state index in [0.29, 0.717) is 6.04 Å². The summed E-state index contributed by atoms with van der Waals surface area (Å²) in [4.78, 5) is 1.67. The largest absolute Gasteiger partial charge is 0.370 e. The zero-order chi connectivity index (χ0) is 15.4. The normalized spacial score (nSPS) is 32.9. The van der Waals surface area contributed by atoms with E-state index in [9.17, 15) is 0 Å². The number of ether oxygens (including phenoxy) is 1. The third-order valence-corrected chi connectivity index (χ3v) is 6.25. The Labute approximate surface area is 140 Å². The van der Waals surface area contributed by atoms with Gasteiger partial charge in [-0.15, -0.1) is 0 Å². The zero-order valence-corrected chi connectivity index (χ0v) is 14.7. The van der Waals surface area contributed by atoms with E-state index in [1.165, 1.54) is 38.6 Å². The lowest BCUT2D eigenvalue weighted by Gasteiger charge is -2.29. The van der Waals surface area contributed by atoms with Crippen molar-refractivity contribution in [3.63, 3.8) is 0 Å². The molecule has 126 valence electrons. The smallest absolute Gasteiger partial charge is 0.166 e. The number of hydrogen-bond acceptors (Lipinski definition) is 2. The molecule has 0 amide bonds. The first-order valence-electron chi connectivity index (χ1n) is 9.18. The molecular weight excluding hydrogens is 294 g/mol. The molecule has 2 saturated carbocycles. The van der Waals surface area contributed by atoms with Gasteiger partial charge in [-0.25, -0.2) is 0 Å². The van der Waals surface area contributed by atoms with Gasteiger partial charge in [-0.3, -0.25) is 0 Å². The number of nitrogens with one attached hydrogen (secondary N) is 3. The average molecular weight is 327 g/mol. The first-order valence-corrected chi connectivity index (χ1v) is 9.59. The fraction of sp³-hybridized carbons (Fsp3) is 0.941. The van der Waals surface area contributed by atoms with Gasteiger partial charge in [0.25, 0.3) is 0 Å². The Bertz CT molecular complexity index is 373. The van der Waals surface area contributed by atoms with Crippen molar-refractivity contribution in [1.29, 1.82) is 0 Å². The first-order chi connectivity index (χ1) is 10.7. The van der Waals surface area contributed by atoms with E-state index in [1.54, 1.807) is 4.90 Å². The Morgan fingerprint density at radius 3 is 2.77 bits per heavy atom. The molecular formula is C17H32N3OS+. The van der Waals surface area contributed by atoms with E-state index in [4.69, 9.17) is 17.0 Å². The van der Waals surface area contributed by atoms with Crippen molar-refractivity contribution in [3.05, 3.63) is 0 Å². The summed E-state index contributed by atoms with van der Waals surface area (Å²) < 4.78 is 5.39. The molecule has 1 aliphatic heterocycles. The lowest BCUT2D eigenvalue weighted by atomic mass is 9.84. The van der Waals surface area contributed by atoms with Crippen LogP contribution in [0.1, 0.15) is 39.0 Å². The fourth-order valence-electron chi connectivity index (χ4n) is 4.72. The summed E-state index contributed by atoms with van der Waals surface area (Å²) in [5.74, 6) is 2.81. The van der Waals surface area contributed by atoms with Gasteiger partial charge in [-0.1, -0.05) is 6.42 Å². The van der Waals surface area contributed by atoms with E-state index in [1.807, 2.05) is 0 Å². The maximum absolute atomic E-state index is 5.47. The molecule has 2 bridgehead atoms. The van der Waals surface area contributed by atoms with Crippen molar-refractivity contribution in [2.45, 2.75) is 45.1 Å². The predicted octanol–water partition coefficient (Wildman–Crippen LogP) is 0.580. The Balaban J connectivity index is 1.27. The topological polar surface area (TPSA) is 37.7 Å². The molecule has 3 fully saturated rings. The quantitative estimate of drug-likeness (QED) is 0.493. The van der Waals surface area contributed by atoms with Crippen molar-refractivity contribution in [2.24, 2.45) is 17.8 Å². The molecule has 1 heterocycles. The molecule has 0 radical (unpaired) electrons. The molecule has 0 unspecified atom stereocenters. The maximum Gasteiger partial charge on any atom is 0.166 e. The van der Waals surface area contributed by atoms with E-state index in [0.717, 1.165) is 55.7 Å². The SMILES string of the molecule is C[C@H](NC(=S)NCCC[NH+]1CCOCC1)[C@H]1C[C@@H]2CC[C@H]1C2. The Morgan fingerprint density at radius 1 is 1.27 bits per heavy atom. The molecule has 2 aliphatic carbocycles. The third kappa shape index (κ3) is 4.33. The van der Waals surface area contributed by atoms with Crippen molar-refractivity contribution in [1.82, 2.24) is 10.6 Å². The van der Waals surface area contributed by atoms with Gasteiger partial charge in [-0.2, -0.15) is 0 Å². The van der Waals surface area contributed by atoms with Crippen LogP contribution in [0, 0.1) is 17.8 Å². The van der Waals surface area contributed by atoms with Crippen molar-refractivity contribution in [2.75, 3.05) is 39.4 Å². The summed E-state index contributed by atoms with van der Waals surface area (Å²) in [6.45, 7) is 8.68. The van der Waals surface area contributed by atoms with Gasteiger partial charge in [0.05, 0.1) is 19.8 Å². The standard InChI is InChI=1S/C17H31N3OS/c1-13(16-12-14-3-4-15(16)11-14)19-17(22)18-5-2-6-20-7-9-21-10-8-20/h13-16H,2-12H2,1H3,(H2,18,19,22)/p+1/t13-,14+,15-,16+/m0/s1. The summed E-state index contributed by atoms with van der Waals surface area (Å²) in [5, 5.41) is 7.79. The van der Waals surface area contributed by atoms with Crippen LogP contribution in [0.4, 0.5) is 0 Å². The Kier molecular flexibility index (Phi) is 5.94. The molecule has 1 saturated heterocycles. The Morgan fingerprint density at radius 2 is 2.09 bits per heavy atom. The molecule has 5 heteroatoms. The number of thiocarbonyl (C=S) groups is 1. The van der Waals surface area contributed by atoms with Crippen LogP contribution in [0.25, 0.3) is 0 Å². The second kappa shape index (κ2) is 7.93. The molecule has 0 aromatic heterocycles. The van der Waals surface area contributed by atoms with Crippen molar-refractivity contribution in [3.8, 4) is 0 Å².